The summed E-state index contributed by atoms with van der Waals surface area (Å²) < 4.78 is 28.0. The second kappa shape index (κ2) is 6.73. The molecule has 23 heavy (non-hydrogen) atoms. The highest BCUT2D eigenvalue weighted by Gasteiger charge is 2.06. The molecule has 0 aliphatic heterocycles. The standard InChI is InChI=1S/C15H12F2N6/c16-11-6-7-13(17)14(10-11)19-18-9-8-15-20-21-22-23(15)12-4-2-1-3-5-12/h1-7,9-10,19H,8H2. The summed E-state index contributed by atoms with van der Waals surface area (Å²) in [7, 11) is 0. The van der Waals surface area contributed by atoms with Crippen molar-refractivity contribution in [2.45, 2.75) is 6.42 Å². The van der Waals surface area contributed by atoms with Gasteiger partial charge in [-0.15, -0.1) is 5.10 Å². The van der Waals surface area contributed by atoms with E-state index in [2.05, 4.69) is 26.1 Å². The lowest BCUT2D eigenvalue weighted by Crippen LogP contribution is -2.04. The van der Waals surface area contributed by atoms with E-state index in [-0.39, 0.29) is 5.69 Å². The van der Waals surface area contributed by atoms with Crippen LogP contribution in [0.25, 0.3) is 5.69 Å². The molecule has 0 amide bonds. The van der Waals surface area contributed by atoms with Gasteiger partial charge in [0.25, 0.3) is 0 Å². The molecule has 0 saturated carbocycles. The van der Waals surface area contributed by atoms with Gasteiger partial charge < -0.3 is 0 Å². The molecule has 0 saturated heterocycles. The van der Waals surface area contributed by atoms with E-state index in [0.29, 0.717) is 12.2 Å². The predicted molar refractivity (Wildman–Crippen MR) is 81.3 cm³/mol. The number of rotatable bonds is 5. The smallest absolute Gasteiger partial charge is 0.162 e. The molecule has 1 N–H and O–H groups in total. The number of tetrazole rings is 1. The fourth-order valence-corrected chi connectivity index (χ4v) is 1.93. The number of aromatic nitrogens is 4. The van der Waals surface area contributed by atoms with E-state index in [1.54, 1.807) is 4.68 Å². The highest BCUT2D eigenvalue weighted by atomic mass is 19.1. The zero-order valence-electron chi connectivity index (χ0n) is 11.9. The first-order valence-electron chi connectivity index (χ1n) is 6.79. The van der Waals surface area contributed by atoms with Crippen molar-refractivity contribution >= 4 is 11.9 Å². The fourth-order valence-electron chi connectivity index (χ4n) is 1.93. The predicted octanol–water partition coefficient (Wildman–Crippen LogP) is 2.58. The van der Waals surface area contributed by atoms with Crippen molar-refractivity contribution in [3.05, 3.63) is 66.0 Å². The summed E-state index contributed by atoms with van der Waals surface area (Å²) in [5, 5.41) is 15.3. The number of benzene rings is 2. The monoisotopic (exact) mass is 314 g/mol. The van der Waals surface area contributed by atoms with Gasteiger partial charge >= 0.3 is 0 Å². The normalized spacial score (nSPS) is 11.0. The molecule has 0 aliphatic rings. The molecule has 0 atom stereocenters. The van der Waals surface area contributed by atoms with Crippen molar-refractivity contribution in [2.24, 2.45) is 5.10 Å². The summed E-state index contributed by atoms with van der Waals surface area (Å²) in [5.41, 5.74) is 3.24. The van der Waals surface area contributed by atoms with Crippen molar-refractivity contribution < 1.29 is 8.78 Å². The summed E-state index contributed by atoms with van der Waals surface area (Å²) in [4.78, 5) is 0. The Morgan fingerprint density at radius 1 is 1.13 bits per heavy atom. The number of nitrogens with zero attached hydrogens (tertiary/aromatic N) is 5. The lowest BCUT2D eigenvalue weighted by Gasteiger charge is -2.03. The number of hydrogen-bond donors (Lipinski definition) is 1. The molecule has 1 heterocycles. The molecule has 6 nitrogen and oxygen atoms in total. The van der Waals surface area contributed by atoms with Gasteiger partial charge in [0.2, 0.25) is 0 Å². The number of halogens is 2. The SMILES string of the molecule is Fc1ccc(F)c(NN=CCc2nnnn2-c2ccccc2)c1. The fraction of sp³-hybridized carbons (Fsp3) is 0.0667. The minimum Gasteiger partial charge on any atom is -0.276 e. The molecule has 0 fully saturated rings. The third-order valence-corrected chi connectivity index (χ3v) is 3.01. The molecule has 0 radical (unpaired) electrons. The molecule has 0 bridgehead atoms. The maximum Gasteiger partial charge on any atom is 0.162 e. The maximum absolute atomic E-state index is 13.4. The number of anilines is 1. The Labute approximate surface area is 130 Å². The molecule has 3 aromatic rings. The van der Waals surface area contributed by atoms with Crippen LogP contribution >= 0.6 is 0 Å². The summed E-state index contributed by atoms with van der Waals surface area (Å²) in [6.45, 7) is 0. The van der Waals surface area contributed by atoms with Gasteiger partial charge in [0, 0.05) is 18.7 Å². The van der Waals surface area contributed by atoms with E-state index >= 15 is 0 Å². The van der Waals surface area contributed by atoms with Gasteiger partial charge in [-0.05, 0) is 34.7 Å². The summed E-state index contributed by atoms with van der Waals surface area (Å²) >= 11 is 0. The van der Waals surface area contributed by atoms with E-state index in [0.717, 1.165) is 23.9 Å². The van der Waals surface area contributed by atoms with E-state index in [1.807, 2.05) is 30.3 Å². The molecular formula is C15H12F2N6. The molecule has 8 heteroatoms. The Morgan fingerprint density at radius 3 is 2.78 bits per heavy atom. The largest absolute Gasteiger partial charge is 0.276 e. The van der Waals surface area contributed by atoms with Gasteiger partial charge in [0.05, 0.1) is 11.4 Å². The van der Waals surface area contributed by atoms with Crippen LogP contribution in [-0.2, 0) is 6.42 Å². The average molecular weight is 314 g/mol. The van der Waals surface area contributed by atoms with Crippen LogP contribution in [0.2, 0.25) is 0 Å². The Balaban J connectivity index is 1.67. The van der Waals surface area contributed by atoms with Gasteiger partial charge in [-0.1, -0.05) is 18.2 Å². The Kier molecular flexibility index (Phi) is 4.32. The lowest BCUT2D eigenvalue weighted by atomic mass is 10.3. The van der Waals surface area contributed by atoms with E-state index in [9.17, 15) is 8.78 Å². The highest BCUT2D eigenvalue weighted by Crippen LogP contribution is 2.14. The molecule has 116 valence electrons. The van der Waals surface area contributed by atoms with Crippen LogP contribution in [0.1, 0.15) is 5.82 Å². The van der Waals surface area contributed by atoms with Crippen LogP contribution < -0.4 is 5.43 Å². The summed E-state index contributed by atoms with van der Waals surface area (Å²) in [5.74, 6) is -0.559. The van der Waals surface area contributed by atoms with Crippen LogP contribution in [0, 0.1) is 11.6 Å². The lowest BCUT2D eigenvalue weighted by molar-refractivity contribution is 0.603. The first-order valence-corrected chi connectivity index (χ1v) is 6.79. The second-order valence-electron chi connectivity index (χ2n) is 4.59. The quantitative estimate of drug-likeness (QED) is 0.580. The van der Waals surface area contributed by atoms with Gasteiger partial charge in [0.1, 0.15) is 11.6 Å². The first kappa shape index (κ1) is 14.8. The van der Waals surface area contributed by atoms with Crippen LogP contribution in [0.3, 0.4) is 0 Å². The van der Waals surface area contributed by atoms with Crippen LogP contribution in [0.4, 0.5) is 14.5 Å². The Morgan fingerprint density at radius 2 is 1.96 bits per heavy atom. The summed E-state index contributed by atoms with van der Waals surface area (Å²) in [6, 6.07) is 12.5. The topological polar surface area (TPSA) is 68.0 Å². The first-order chi connectivity index (χ1) is 11.2. The third-order valence-electron chi connectivity index (χ3n) is 3.01. The molecule has 1 aromatic heterocycles. The van der Waals surface area contributed by atoms with E-state index in [4.69, 9.17) is 0 Å². The Bertz CT molecular complexity index is 816. The molecule has 2 aromatic carbocycles. The van der Waals surface area contributed by atoms with Crippen molar-refractivity contribution in [3.63, 3.8) is 0 Å². The van der Waals surface area contributed by atoms with E-state index in [1.165, 1.54) is 6.21 Å². The van der Waals surface area contributed by atoms with Gasteiger partial charge in [0.15, 0.2) is 5.82 Å². The third kappa shape index (κ3) is 3.54. The van der Waals surface area contributed by atoms with Gasteiger partial charge in [-0.3, -0.25) is 5.43 Å². The Hall–Kier alpha value is -3.16. The summed E-state index contributed by atoms with van der Waals surface area (Å²) in [6.07, 6.45) is 1.81. The number of nitrogens with one attached hydrogen (secondary N) is 1. The van der Waals surface area contributed by atoms with Crippen molar-refractivity contribution in [3.8, 4) is 5.69 Å². The van der Waals surface area contributed by atoms with Gasteiger partial charge in [-0.25, -0.2) is 8.78 Å². The molecule has 0 unspecified atom stereocenters. The van der Waals surface area contributed by atoms with Crippen molar-refractivity contribution in [1.29, 1.82) is 0 Å². The maximum atomic E-state index is 13.4. The van der Waals surface area contributed by atoms with E-state index < -0.39 is 11.6 Å². The number of para-hydroxylation sites is 1. The second-order valence-corrected chi connectivity index (χ2v) is 4.59. The molecular weight excluding hydrogens is 302 g/mol. The van der Waals surface area contributed by atoms with Crippen molar-refractivity contribution in [2.75, 3.05) is 5.43 Å². The molecule has 0 aliphatic carbocycles. The molecule has 3 rings (SSSR count). The van der Waals surface area contributed by atoms with Crippen LogP contribution in [-0.4, -0.2) is 26.4 Å². The molecule has 0 spiro atoms. The van der Waals surface area contributed by atoms with Crippen LogP contribution in [0.5, 0.6) is 0 Å². The highest BCUT2D eigenvalue weighted by molar-refractivity contribution is 5.62. The minimum atomic E-state index is -0.585. The number of hydrazone groups is 1. The average Bonchev–Trinajstić information content (AvgIpc) is 3.04. The minimum absolute atomic E-state index is 0.0381. The zero-order valence-corrected chi connectivity index (χ0v) is 11.9. The van der Waals surface area contributed by atoms with Crippen molar-refractivity contribution in [1.82, 2.24) is 20.2 Å². The van der Waals surface area contributed by atoms with Gasteiger partial charge in [-0.2, -0.15) is 9.78 Å². The zero-order chi connectivity index (χ0) is 16.1. The van der Waals surface area contributed by atoms with Crippen LogP contribution in [0.15, 0.2) is 53.6 Å². The number of hydrogen-bond acceptors (Lipinski definition) is 5.